The third kappa shape index (κ3) is 5.45. The molecule has 0 bridgehead atoms. The van der Waals surface area contributed by atoms with E-state index in [1.165, 1.54) is 28.6 Å². The summed E-state index contributed by atoms with van der Waals surface area (Å²) in [5.74, 6) is -0.635. The first kappa shape index (κ1) is 21.5. The molecule has 1 N–H and O–H groups in total. The second-order valence-corrected chi connectivity index (χ2v) is 8.74. The van der Waals surface area contributed by atoms with Crippen molar-refractivity contribution in [2.45, 2.75) is 24.8 Å². The minimum atomic E-state index is -3.82. The molecule has 0 unspecified atom stereocenters. The number of carbonyl (C=O) groups is 1. The lowest BCUT2D eigenvalue weighted by atomic mass is 10.2. The van der Waals surface area contributed by atoms with E-state index in [4.69, 9.17) is 0 Å². The highest BCUT2D eigenvalue weighted by molar-refractivity contribution is 7.92. The second kappa shape index (κ2) is 9.54. The minimum Gasteiger partial charge on any atom is -0.352 e. The Bertz CT molecular complexity index is 1080. The maximum absolute atomic E-state index is 13.2. The SMILES string of the molecule is Cc1ccc(N(CCC(=O)NCc2ccc(F)cc2)S(=O)(=O)c2ccccc2)cc1. The molecule has 0 fully saturated rings. The third-order valence-corrected chi connectivity index (χ3v) is 6.44. The van der Waals surface area contributed by atoms with E-state index in [1.807, 2.05) is 19.1 Å². The molecule has 0 heterocycles. The van der Waals surface area contributed by atoms with E-state index >= 15 is 0 Å². The molecule has 7 heteroatoms. The zero-order chi connectivity index (χ0) is 21.6. The average Bonchev–Trinajstić information content (AvgIpc) is 2.75. The lowest BCUT2D eigenvalue weighted by Gasteiger charge is -2.24. The molecule has 5 nitrogen and oxygen atoms in total. The molecule has 0 saturated carbocycles. The highest BCUT2D eigenvalue weighted by atomic mass is 32.2. The Balaban J connectivity index is 1.73. The van der Waals surface area contributed by atoms with E-state index in [-0.39, 0.29) is 36.1 Å². The predicted molar refractivity (Wildman–Crippen MR) is 115 cm³/mol. The van der Waals surface area contributed by atoms with Gasteiger partial charge in [-0.1, -0.05) is 48.0 Å². The molecule has 0 atom stereocenters. The van der Waals surface area contributed by atoms with E-state index in [1.54, 1.807) is 42.5 Å². The maximum Gasteiger partial charge on any atom is 0.264 e. The van der Waals surface area contributed by atoms with Gasteiger partial charge in [0.1, 0.15) is 5.82 Å². The Kier molecular flexibility index (Phi) is 6.84. The predicted octanol–water partition coefficient (Wildman–Crippen LogP) is 4.04. The second-order valence-electron chi connectivity index (χ2n) is 6.88. The molecule has 0 aliphatic rings. The quantitative estimate of drug-likeness (QED) is 0.591. The lowest BCUT2D eigenvalue weighted by molar-refractivity contribution is -0.121. The number of aryl methyl sites for hydroxylation is 1. The molecule has 3 aromatic rings. The van der Waals surface area contributed by atoms with Gasteiger partial charge in [-0.3, -0.25) is 9.10 Å². The van der Waals surface area contributed by atoms with Crippen molar-refractivity contribution in [3.63, 3.8) is 0 Å². The Labute approximate surface area is 176 Å². The summed E-state index contributed by atoms with van der Waals surface area (Å²) < 4.78 is 40.6. The van der Waals surface area contributed by atoms with Gasteiger partial charge in [-0.2, -0.15) is 0 Å². The first-order chi connectivity index (χ1) is 14.4. The summed E-state index contributed by atoms with van der Waals surface area (Å²) in [4.78, 5) is 12.5. The number of hydrogen-bond acceptors (Lipinski definition) is 3. The van der Waals surface area contributed by atoms with Gasteiger partial charge in [-0.05, 0) is 48.9 Å². The van der Waals surface area contributed by atoms with Crippen LogP contribution in [-0.2, 0) is 21.4 Å². The molecule has 156 valence electrons. The van der Waals surface area contributed by atoms with E-state index in [0.717, 1.165) is 11.1 Å². The van der Waals surface area contributed by atoms with Crippen molar-refractivity contribution >= 4 is 21.6 Å². The van der Waals surface area contributed by atoms with Crippen molar-refractivity contribution in [1.82, 2.24) is 5.32 Å². The van der Waals surface area contributed by atoms with Crippen LogP contribution >= 0.6 is 0 Å². The molecule has 1 amide bonds. The number of halogens is 1. The summed E-state index contributed by atoms with van der Waals surface area (Å²) >= 11 is 0. The van der Waals surface area contributed by atoms with E-state index in [0.29, 0.717) is 5.69 Å². The fourth-order valence-corrected chi connectivity index (χ4v) is 4.40. The van der Waals surface area contributed by atoms with Crippen LogP contribution in [0, 0.1) is 12.7 Å². The molecule has 0 radical (unpaired) electrons. The molecule has 0 aromatic heterocycles. The van der Waals surface area contributed by atoms with Gasteiger partial charge in [-0.15, -0.1) is 0 Å². The topological polar surface area (TPSA) is 66.5 Å². The number of hydrogen-bond donors (Lipinski definition) is 1. The largest absolute Gasteiger partial charge is 0.352 e. The van der Waals surface area contributed by atoms with E-state index in [2.05, 4.69) is 5.32 Å². The van der Waals surface area contributed by atoms with E-state index < -0.39 is 10.0 Å². The summed E-state index contributed by atoms with van der Waals surface area (Å²) in [6.07, 6.45) is -0.0128. The number of amides is 1. The molecule has 0 aliphatic heterocycles. The van der Waals surface area contributed by atoms with Gasteiger partial charge in [-0.25, -0.2) is 12.8 Å². The highest BCUT2D eigenvalue weighted by Crippen LogP contribution is 2.24. The van der Waals surface area contributed by atoms with Gasteiger partial charge >= 0.3 is 0 Å². The standard InChI is InChI=1S/C23H23FN2O3S/c1-18-7-13-21(14-8-18)26(30(28,29)22-5-3-2-4-6-22)16-15-23(27)25-17-19-9-11-20(24)12-10-19/h2-14H,15-17H2,1H3,(H,25,27). The Hall–Kier alpha value is -3.19. The van der Waals surface area contributed by atoms with Gasteiger partial charge in [0.2, 0.25) is 5.91 Å². The highest BCUT2D eigenvalue weighted by Gasteiger charge is 2.25. The van der Waals surface area contributed by atoms with Gasteiger partial charge in [0, 0.05) is 19.5 Å². The zero-order valence-electron chi connectivity index (χ0n) is 16.6. The monoisotopic (exact) mass is 426 g/mol. The molecular formula is C23H23FN2O3S. The number of nitrogens with zero attached hydrogens (tertiary/aromatic N) is 1. The summed E-state index contributed by atoms with van der Waals surface area (Å²) in [6, 6.07) is 21.1. The average molecular weight is 427 g/mol. The van der Waals surface area contributed by atoms with Crippen molar-refractivity contribution in [3.05, 3.63) is 95.8 Å². The van der Waals surface area contributed by atoms with Crippen LogP contribution in [0.3, 0.4) is 0 Å². The van der Waals surface area contributed by atoms with Crippen LogP contribution in [0.1, 0.15) is 17.5 Å². The molecular weight excluding hydrogens is 403 g/mol. The zero-order valence-corrected chi connectivity index (χ0v) is 17.4. The van der Waals surface area contributed by atoms with Gasteiger partial charge < -0.3 is 5.32 Å². The van der Waals surface area contributed by atoms with Crippen LogP contribution in [0.5, 0.6) is 0 Å². The van der Waals surface area contributed by atoms with Crippen molar-refractivity contribution in [1.29, 1.82) is 0 Å². The normalized spacial score (nSPS) is 11.1. The van der Waals surface area contributed by atoms with Crippen molar-refractivity contribution in [3.8, 4) is 0 Å². The number of anilines is 1. The van der Waals surface area contributed by atoms with Crippen LogP contribution in [0.4, 0.5) is 10.1 Å². The Morgan fingerprint density at radius 1 is 0.933 bits per heavy atom. The van der Waals surface area contributed by atoms with Gasteiger partial charge in [0.15, 0.2) is 0 Å². The smallest absolute Gasteiger partial charge is 0.264 e. The summed E-state index contributed by atoms with van der Waals surface area (Å²) in [6.45, 7) is 2.16. The third-order valence-electron chi connectivity index (χ3n) is 4.60. The number of nitrogens with one attached hydrogen (secondary N) is 1. The van der Waals surface area contributed by atoms with E-state index in [9.17, 15) is 17.6 Å². The molecule has 3 aromatic carbocycles. The fourth-order valence-electron chi connectivity index (χ4n) is 2.91. The van der Waals surface area contributed by atoms with Crippen molar-refractivity contribution in [2.24, 2.45) is 0 Å². The molecule has 30 heavy (non-hydrogen) atoms. The number of carbonyl (C=O) groups excluding carboxylic acids is 1. The van der Waals surface area contributed by atoms with Crippen LogP contribution in [0.15, 0.2) is 83.8 Å². The molecule has 3 rings (SSSR count). The number of benzene rings is 3. The molecule has 0 spiro atoms. The fraction of sp³-hybridized carbons (Fsp3) is 0.174. The first-order valence-corrected chi connectivity index (χ1v) is 11.0. The Morgan fingerprint density at radius 3 is 2.20 bits per heavy atom. The van der Waals surface area contributed by atoms with Crippen LogP contribution < -0.4 is 9.62 Å². The lowest BCUT2D eigenvalue weighted by Crippen LogP contribution is -2.35. The minimum absolute atomic E-state index is 0.00442. The van der Waals surface area contributed by atoms with Crippen LogP contribution in [0.2, 0.25) is 0 Å². The first-order valence-electron chi connectivity index (χ1n) is 9.52. The number of sulfonamides is 1. The van der Waals surface area contributed by atoms with Crippen LogP contribution in [-0.4, -0.2) is 20.9 Å². The summed E-state index contributed by atoms with van der Waals surface area (Å²) in [7, 11) is -3.82. The molecule has 0 saturated heterocycles. The summed E-state index contributed by atoms with van der Waals surface area (Å²) in [5.41, 5.74) is 2.26. The van der Waals surface area contributed by atoms with Crippen molar-refractivity contribution in [2.75, 3.05) is 10.8 Å². The maximum atomic E-state index is 13.2. The Morgan fingerprint density at radius 2 is 1.57 bits per heavy atom. The molecule has 0 aliphatic carbocycles. The summed E-state index contributed by atoms with van der Waals surface area (Å²) in [5, 5.41) is 2.74. The number of rotatable bonds is 8. The van der Waals surface area contributed by atoms with Gasteiger partial charge in [0.05, 0.1) is 10.6 Å². The van der Waals surface area contributed by atoms with Crippen molar-refractivity contribution < 1.29 is 17.6 Å². The van der Waals surface area contributed by atoms with Gasteiger partial charge in [0.25, 0.3) is 10.0 Å². The van der Waals surface area contributed by atoms with Crippen LogP contribution in [0.25, 0.3) is 0 Å².